The average Bonchev–Trinajstić information content (AvgIpc) is 2.99. The fourth-order valence-electron chi connectivity index (χ4n) is 3.82. The highest BCUT2D eigenvalue weighted by atomic mass is 35.5. The molecule has 1 aliphatic heterocycles. The van der Waals surface area contributed by atoms with E-state index in [0.29, 0.717) is 26.9 Å². The first kappa shape index (κ1) is 18.7. The van der Waals surface area contributed by atoms with Crippen LogP contribution >= 0.6 is 23.2 Å². The molecule has 1 aliphatic rings. The van der Waals surface area contributed by atoms with Gasteiger partial charge in [0.2, 0.25) is 11.4 Å². The van der Waals surface area contributed by atoms with Gasteiger partial charge in [-0.1, -0.05) is 65.7 Å². The molecule has 0 radical (unpaired) electrons. The van der Waals surface area contributed by atoms with E-state index >= 15 is 0 Å². The van der Waals surface area contributed by atoms with Crippen LogP contribution in [0.2, 0.25) is 10.0 Å². The molecule has 0 N–H and O–H groups in total. The summed E-state index contributed by atoms with van der Waals surface area (Å²) in [6.07, 6.45) is 0.946. The van der Waals surface area contributed by atoms with Crippen molar-refractivity contribution in [2.45, 2.75) is 17.9 Å². The summed E-state index contributed by atoms with van der Waals surface area (Å²) >= 11 is 12.2. The van der Waals surface area contributed by atoms with E-state index in [4.69, 9.17) is 27.9 Å². The maximum Gasteiger partial charge on any atom is 0.215 e. The molecule has 0 amide bonds. The first-order valence-electron chi connectivity index (χ1n) is 8.84. The van der Waals surface area contributed by atoms with E-state index in [1.165, 1.54) is 0 Å². The van der Waals surface area contributed by atoms with Crippen LogP contribution < -0.4 is 4.74 Å². The van der Waals surface area contributed by atoms with Crippen LogP contribution in [0.15, 0.2) is 72.8 Å². The Hall–Kier alpha value is -2.62. The summed E-state index contributed by atoms with van der Waals surface area (Å²) in [5.74, 6) is -0.289. The van der Waals surface area contributed by atoms with Crippen molar-refractivity contribution >= 4 is 35.3 Å². The molecule has 0 aromatic heterocycles. The van der Waals surface area contributed by atoms with Gasteiger partial charge in [-0.15, -0.1) is 0 Å². The largest absolute Gasteiger partial charge is 0.473 e. The molecular formula is C23H16Cl2O3. The molecule has 140 valence electrons. The van der Waals surface area contributed by atoms with Crippen molar-refractivity contribution in [2.24, 2.45) is 0 Å². The van der Waals surface area contributed by atoms with Gasteiger partial charge in [-0.2, -0.15) is 0 Å². The van der Waals surface area contributed by atoms with Crippen LogP contribution in [0.3, 0.4) is 0 Å². The van der Waals surface area contributed by atoms with Gasteiger partial charge in [0.1, 0.15) is 12.0 Å². The summed E-state index contributed by atoms with van der Waals surface area (Å²) in [6, 6.07) is 21.4. The molecule has 0 saturated heterocycles. The Balaban J connectivity index is 1.96. The summed E-state index contributed by atoms with van der Waals surface area (Å²) in [4.78, 5) is 25.3. The zero-order valence-electron chi connectivity index (χ0n) is 14.8. The van der Waals surface area contributed by atoms with Crippen molar-refractivity contribution in [2.75, 3.05) is 0 Å². The minimum atomic E-state index is -1.38. The Morgan fingerprint density at radius 2 is 1.61 bits per heavy atom. The third-order valence-electron chi connectivity index (χ3n) is 5.09. The number of Topliss-reactive ketones (excluding diaryl/α,β-unsaturated/α-hetero) is 1. The Morgan fingerprint density at radius 1 is 0.929 bits per heavy atom. The molecule has 1 heterocycles. The predicted molar refractivity (Wildman–Crippen MR) is 109 cm³/mol. The molecule has 3 nitrogen and oxygen atoms in total. The van der Waals surface area contributed by atoms with Crippen molar-refractivity contribution in [3.05, 3.63) is 99.5 Å². The third-order valence-corrected chi connectivity index (χ3v) is 5.58. The number of hydrogen-bond donors (Lipinski definition) is 0. The molecule has 3 aromatic carbocycles. The van der Waals surface area contributed by atoms with E-state index in [1.54, 1.807) is 42.5 Å². The Kier molecular flexibility index (Phi) is 4.96. The molecule has 0 aliphatic carbocycles. The molecule has 0 spiro atoms. The Morgan fingerprint density at radius 3 is 2.29 bits per heavy atom. The number of hydrogen-bond acceptors (Lipinski definition) is 3. The molecule has 3 aromatic rings. The number of ketones is 1. The number of aldehydes is 1. The van der Waals surface area contributed by atoms with E-state index in [0.717, 1.165) is 11.8 Å². The average molecular weight is 411 g/mol. The number of ether oxygens (including phenoxy) is 1. The van der Waals surface area contributed by atoms with Gasteiger partial charge in [-0.05, 0) is 35.9 Å². The normalized spacial score (nSPS) is 19.0. The molecule has 0 saturated carbocycles. The van der Waals surface area contributed by atoms with Gasteiger partial charge in [0.25, 0.3) is 0 Å². The summed E-state index contributed by atoms with van der Waals surface area (Å²) in [5.41, 5.74) is 0.563. The van der Waals surface area contributed by atoms with Gasteiger partial charge in [0.15, 0.2) is 0 Å². The lowest BCUT2D eigenvalue weighted by Crippen LogP contribution is -2.43. The number of benzene rings is 3. The second-order valence-electron chi connectivity index (χ2n) is 6.68. The fraction of sp³-hybridized carbons (Fsp3) is 0.130. The smallest absolute Gasteiger partial charge is 0.215 e. The van der Waals surface area contributed by atoms with Crippen molar-refractivity contribution < 1.29 is 14.3 Å². The number of carbonyl (C=O) groups is 2. The van der Waals surface area contributed by atoms with E-state index in [2.05, 4.69) is 0 Å². The van der Waals surface area contributed by atoms with Gasteiger partial charge in [-0.25, -0.2) is 0 Å². The maximum atomic E-state index is 13.7. The molecule has 0 fully saturated rings. The van der Waals surface area contributed by atoms with Crippen LogP contribution in [0.25, 0.3) is 0 Å². The SMILES string of the molecule is O=CC[C@@H](c1ccccc1)[C@]1(c2ccc(Cl)cc2)Oc2cc(Cl)ccc2C1=O. The van der Waals surface area contributed by atoms with E-state index < -0.39 is 11.5 Å². The molecule has 4 rings (SSSR count). The lowest BCUT2D eigenvalue weighted by molar-refractivity contribution is -0.109. The first-order chi connectivity index (χ1) is 13.6. The lowest BCUT2D eigenvalue weighted by atomic mass is 9.72. The monoisotopic (exact) mass is 410 g/mol. The van der Waals surface area contributed by atoms with Crippen LogP contribution in [-0.2, 0) is 10.4 Å². The Bertz CT molecular complexity index is 1030. The molecule has 2 atom stereocenters. The fourth-order valence-corrected chi connectivity index (χ4v) is 4.11. The predicted octanol–water partition coefficient (Wildman–Crippen LogP) is 5.84. The molecule has 0 bridgehead atoms. The van der Waals surface area contributed by atoms with Crippen LogP contribution in [0.1, 0.15) is 33.8 Å². The molecule has 5 heteroatoms. The van der Waals surface area contributed by atoms with Crippen LogP contribution in [0.4, 0.5) is 0 Å². The number of halogens is 2. The Labute approximate surface area is 172 Å². The number of rotatable bonds is 5. The van der Waals surface area contributed by atoms with Gasteiger partial charge < -0.3 is 9.53 Å². The zero-order valence-corrected chi connectivity index (χ0v) is 16.3. The van der Waals surface area contributed by atoms with Crippen molar-refractivity contribution in [1.29, 1.82) is 0 Å². The molecular weight excluding hydrogens is 395 g/mol. The van der Waals surface area contributed by atoms with Gasteiger partial charge in [0, 0.05) is 27.9 Å². The van der Waals surface area contributed by atoms with E-state index in [-0.39, 0.29) is 12.2 Å². The van der Waals surface area contributed by atoms with E-state index in [1.807, 2.05) is 30.3 Å². The molecule has 28 heavy (non-hydrogen) atoms. The summed E-state index contributed by atoms with van der Waals surface area (Å²) < 4.78 is 6.35. The van der Waals surface area contributed by atoms with Crippen molar-refractivity contribution in [3.63, 3.8) is 0 Å². The second kappa shape index (κ2) is 7.42. The maximum absolute atomic E-state index is 13.7. The van der Waals surface area contributed by atoms with Gasteiger partial charge >= 0.3 is 0 Å². The standard InChI is InChI=1S/C23H16Cl2O3/c24-17-8-6-16(7-9-17)23(20(12-13-26)15-4-2-1-3-5-15)22(27)19-11-10-18(25)14-21(19)28-23/h1-11,13-14,20H,12H2/t20-,23-/m0/s1. The van der Waals surface area contributed by atoms with Crippen LogP contribution in [-0.4, -0.2) is 12.1 Å². The topological polar surface area (TPSA) is 43.4 Å². The van der Waals surface area contributed by atoms with Crippen LogP contribution in [0, 0.1) is 0 Å². The third kappa shape index (κ3) is 3.01. The van der Waals surface area contributed by atoms with E-state index in [9.17, 15) is 9.59 Å². The highest BCUT2D eigenvalue weighted by molar-refractivity contribution is 6.31. The van der Waals surface area contributed by atoms with Gasteiger partial charge in [0.05, 0.1) is 5.56 Å². The molecule has 0 unspecified atom stereocenters. The van der Waals surface area contributed by atoms with Gasteiger partial charge in [-0.3, -0.25) is 4.79 Å². The van der Waals surface area contributed by atoms with Crippen molar-refractivity contribution in [1.82, 2.24) is 0 Å². The lowest BCUT2D eigenvalue weighted by Gasteiger charge is -2.35. The minimum Gasteiger partial charge on any atom is -0.473 e. The zero-order chi connectivity index (χ0) is 19.7. The summed E-state index contributed by atoms with van der Waals surface area (Å²) in [7, 11) is 0. The quantitative estimate of drug-likeness (QED) is 0.496. The highest BCUT2D eigenvalue weighted by Crippen LogP contribution is 2.51. The van der Waals surface area contributed by atoms with Crippen LogP contribution in [0.5, 0.6) is 5.75 Å². The summed E-state index contributed by atoms with van der Waals surface area (Å²) in [6.45, 7) is 0. The summed E-state index contributed by atoms with van der Waals surface area (Å²) in [5, 5.41) is 1.03. The number of carbonyl (C=O) groups excluding carboxylic acids is 2. The second-order valence-corrected chi connectivity index (χ2v) is 7.55. The highest BCUT2D eigenvalue weighted by Gasteiger charge is 2.55. The van der Waals surface area contributed by atoms with Crippen molar-refractivity contribution in [3.8, 4) is 5.75 Å². The minimum absolute atomic E-state index is 0.125. The first-order valence-corrected chi connectivity index (χ1v) is 9.60. The number of fused-ring (bicyclic) bond motifs is 1.